The summed E-state index contributed by atoms with van der Waals surface area (Å²) in [5, 5.41) is 0. The van der Waals surface area contributed by atoms with Gasteiger partial charge in [0.05, 0.1) is 0 Å². The lowest BCUT2D eigenvalue weighted by Crippen LogP contribution is -2.34. The molecular weight excluding hydrogens is 252 g/mol. The van der Waals surface area contributed by atoms with E-state index in [1.54, 1.807) is 0 Å². The van der Waals surface area contributed by atoms with Crippen molar-refractivity contribution < 1.29 is 0 Å². The molecule has 1 aliphatic rings. The van der Waals surface area contributed by atoms with Crippen LogP contribution in [0.3, 0.4) is 0 Å². The molecule has 0 N–H and O–H groups in total. The third kappa shape index (κ3) is 2.51. The van der Waals surface area contributed by atoms with E-state index in [1.165, 1.54) is 18.4 Å². The van der Waals surface area contributed by atoms with Crippen molar-refractivity contribution in [2.75, 3.05) is 18.0 Å². The molecule has 1 aliphatic heterocycles. The van der Waals surface area contributed by atoms with Gasteiger partial charge in [-0.25, -0.2) is 4.98 Å². The number of aromatic nitrogens is 1. The molecule has 0 aromatic carbocycles. The fourth-order valence-corrected chi connectivity index (χ4v) is 2.31. The van der Waals surface area contributed by atoms with Crippen molar-refractivity contribution in [3.63, 3.8) is 0 Å². The number of hydrogen-bond donors (Lipinski definition) is 0. The summed E-state index contributed by atoms with van der Waals surface area (Å²) in [7, 11) is 0. The molecule has 0 amide bonds. The molecule has 0 radical (unpaired) electrons. The van der Waals surface area contributed by atoms with Crippen LogP contribution in [0.1, 0.15) is 25.3 Å². The molecule has 2 heterocycles. The van der Waals surface area contributed by atoms with Crippen molar-refractivity contribution >= 4 is 21.7 Å². The van der Waals surface area contributed by atoms with Gasteiger partial charge in [0.2, 0.25) is 0 Å². The molecule has 0 unspecified atom stereocenters. The molecule has 0 spiro atoms. The summed E-state index contributed by atoms with van der Waals surface area (Å²) in [5.74, 6) is 1.92. The van der Waals surface area contributed by atoms with E-state index in [1.807, 2.05) is 6.20 Å². The number of pyridine rings is 1. The minimum Gasteiger partial charge on any atom is -0.356 e. The number of aryl methyl sites for hydroxylation is 1. The van der Waals surface area contributed by atoms with E-state index in [0.717, 1.165) is 29.3 Å². The summed E-state index contributed by atoms with van der Waals surface area (Å²) in [6.45, 7) is 6.73. The molecule has 1 atom stereocenters. The van der Waals surface area contributed by atoms with Gasteiger partial charge >= 0.3 is 0 Å². The number of nitrogens with zero attached hydrogens (tertiary/aromatic N) is 2. The van der Waals surface area contributed by atoms with Gasteiger partial charge < -0.3 is 4.90 Å². The van der Waals surface area contributed by atoms with E-state index < -0.39 is 0 Å². The standard InChI is InChI=1S/C12H17BrN2/c1-9-4-3-5-15(8-9)12-6-10(2)11(13)7-14-12/h6-7,9H,3-5,8H2,1-2H3/t9-/m0/s1. The molecule has 0 aliphatic carbocycles. The average molecular weight is 269 g/mol. The van der Waals surface area contributed by atoms with Crippen molar-refractivity contribution in [3.05, 3.63) is 22.3 Å². The van der Waals surface area contributed by atoms with Crippen LogP contribution in [0, 0.1) is 12.8 Å². The second-order valence-electron chi connectivity index (χ2n) is 4.49. The fraction of sp³-hybridized carbons (Fsp3) is 0.583. The highest BCUT2D eigenvalue weighted by Gasteiger charge is 2.17. The van der Waals surface area contributed by atoms with Crippen LogP contribution in [0.15, 0.2) is 16.7 Å². The molecule has 1 aromatic rings. The Kier molecular flexibility index (Phi) is 3.29. The molecule has 3 heteroatoms. The number of halogens is 1. The molecule has 0 saturated carbocycles. The van der Waals surface area contributed by atoms with Crippen LogP contribution < -0.4 is 4.90 Å². The maximum Gasteiger partial charge on any atom is 0.128 e. The van der Waals surface area contributed by atoms with Gasteiger partial charge in [0.15, 0.2) is 0 Å². The fourth-order valence-electron chi connectivity index (χ4n) is 2.09. The van der Waals surface area contributed by atoms with Crippen molar-refractivity contribution in [1.82, 2.24) is 4.98 Å². The normalized spacial score (nSPS) is 21.8. The number of rotatable bonds is 1. The topological polar surface area (TPSA) is 16.1 Å². The molecule has 0 bridgehead atoms. The second-order valence-corrected chi connectivity index (χ2v) is 5.34. The Bertz CT molecular complexity index is 351. The molecule has 15 heavy (non-hydrogen) atoms. The number of hydrogen-bond acceptors (Lipinski definition) is 2. The van der Waals surface area contributed by atoms with E-state index in [-0.39, 0.29) is 0 Å². The lowest BCUT2D eigenvalue weighted by Gasteiger charge is -2.32. The molecule has 1 fully saturated rings. The monoisotopic (exact) mass is 268 g/mol. The first-order valence-corrected chi connectivity index (χ1v) is 6.33. The first kappa shape index (κ1) is 10.9. The van der Waals surface area contributed by atoms with Gasteiger partial charge in [0.1, 0.15) is 5.82 Å². The highest BCUT2D eigenvalue weighted by molar-refractivity contribution is 9.10. The molecule has 82 valence electrons. The van der Waals surface area contributed by atoms with Crippen molar-refractivity contribution in [2.24, 2.45) is 5.92 Å². The maximum atomic E-state index is 4.48. The summed E-state index contributed by atoms with van der Waals surface area (Å²) in [6.07, 6.45) is 4.55. The third-order valence-electron chi connectivity index (χ3n) is 3.01. The molecular formula is C12H17BrN2. The van der Waals surface area contributed by atoms with Gasteiger partial charge in [-0.1, -0.05) is 6.92 Å². The third-order valence-corrected chi connectivity index (χ3v) is 3.84. The molecule has 1 aromatic heterocycles. The minimum atomic E-state index is 0.796. The predicted molar refractivity (Wildman–Crippen MR) is 67.3 cm³/mol. The SMILES string of the molecule is Cc1cc(N2CCC[C@H](C)C2)ncc1Br. The Morgan fingerprint density at radius 3 is 3.00 bits per heavy atom. The van der Waals surface area contributed by atoms with Gasteiger partial charge in [0, 0.05) is 23.8 Å². The summed E-state index contributed by atoms with van der Waals surface area (Å²) in [6, 6.07) is 2.17. The Morgan fingerprint density at radius 1 is 1.53 bits per heavy atom. The zero-order valence-electron chi connectivity index (χ0n) is 9.33. The first-order valence-electron chi connectivity index (χ1n) is 5.54. The van der Waals surface area contributed by atoms with Gasteiger partial charge in [0.25, 0.3) is 0 Å². The summed E-state index contributed by atoms with van der Waals surface area (Å²) < 4.78 is 1.09. The van der Waals surface area contributed by atoms with Crippen LogP contribution in [0.4, 0.5) is 5.82 Å². The van der Waals surface area contributed by atoms with Crippen LogP contribution in [0.2, 0.25) is 0 Å². The van der Waals surface area contributed by atoms with Gasteiger partial charge in [-0.3, -0.25) is 0 Å². The van der Waals surface area contributed by atoms with Crippen LogP contribution >= 0.6 is 15.9 Å². The van der Waals surface area contributed by atoms with Crippen molar-refractivity contribution in [1.29, 1.82) is 0 Å². The summed E-state index contributed by atoms with van der Waals surface area (Å²) in [4.78, 5) is 6.87. The highest BCUT2D eigenvalue weighted by Crippen LogP contribution is 2.24. The minimum absolute atomic E-state index is 0.796. The van der Waals surface area contributed by atoms with E-state index in [0.29, 0.717) is 0 Å². The molecule has 1 saturated heterocycles. The zero-order chi connectivity index (χ0) is 10.8. The smallest absolute Gasteiger partial charge is 0.128 e. The molecule has 2 nitrogen and oxygen atoms in total. The Hall–Kier alpha value is -0.570. The lowest BCUT2D eigenvalue weighted by atomic mass is 10.0. The lowest BCUT2D eigenvalue weighted by molar-refractivity contribution is 0.444. The van der Waals surface area contributed by atoms with Crippen LogP contribution in [0.5, 0.6) is 0 Å². The summed E-state index contributed by atoms with van der Waals surface area (Å²) >= 11 is 3.48. The maximum absolute atomic E-state index is 4.48. The van der Waals surface area contributed by atoms with Gasteiger partial charge in [-0.15, -0.1) is 0 Å². The van der Waals surface area contributed by atoms with E-state index >= 15 is 0 Å². The largest absolute Gasteiger partial charge is 0.356 e. The van der Waals surface area contributed by atoms with Crippen LogP contribution in [-0.2, 0) is 0 Å². The number of piperidine rings is 1. The Morgan fingerprint density at radius 2 is 2.33 bits per heavy atom. The highest BCUT2D eigenvalue weighted by atomic mass is 79.9. The van der Waals surface area contributed by atoms with Crippen molar-refractivity contribution in [3.8, 4) is 0 Å². The van der Waals surface area contributed by atoms with Gasteiger partial charge in [-0.05, 0) is 53.2 Å². The van der Waals surface area contributed by atoms with Gasteiger partial charge in [-0.2, -0.15) is 0 Å². The van der Waals surface area contributed by atoms with Crippen molar-refractivity contribution in [2.45, 2.75) is 26.7 Å². The zero-order valence-corrected chi connectivity index (χ0v) is 10.9. The average Bonchev–Trinajstić information content (AvgIpc) is 2.22. The molecule has 2 rings (SSSR count). The Balaban J connectivity index is 2.18. The number of anilines is 1. The quantitative estimate of drug-likeness (QED) is 0.776. The second kappa shape index (κ2) is 4.52. The van der Waals surface area contributed by atoms with Crippen LogP contribution in [-0.4, -0.2) is 18.1 Å². The van der Waals surface area contributed by atoms with Crippen LogP contribution in [0.25, 0.3) is 0 Å². The predicted octanol–water partition coefficient (Wildman–Crippen LogP) is 3.39. The first-order chi connectivity index (χ1) is 7.16. The van der Waals surface area contributed by atoms with E-state index in [4.69, 9.17) is 0 Å². The van der Waals surface area contributed by atoms with E-state index in [9.17, 15) is 0 Å². The summed E-state index contributed by atoms with van der Waals surface area (Å²) in [5.41, 5.74) is 1.26. The Labute approximate surface area is 99.8 Å². The van der Waals surface area contributed by atoms with E-state index in [2.05, 4.69) is 45.7 Å².